The molecule has 2 aliphatic rings. The number of nitrogens with one attached hydrogen (secondary N) is 3. The predicted molar refractivity (Wildman–Crippen MR) is 68.2 cm³/mol. The second-order valence-electron chi connectivity index (χ2n) is 5.29. The smallest absolute Gasteiger partial charge is 0.321 e. The molecule has 1 aliphatic heterocycles. The Balaban J connectivity index is 1.61. The van der Waals surface area contributed by atoms with Crippen LogP contribution in [0, 0.1) is 0 Å². The van der Waals surface area contributed by atoms with Crippen molar-refractivity contribution in [3.05, 3.63) is 0 Å². The lowest BCUT2D eigenvalue weighted by Gasteiger charge is -2.20. The van der Waals surface area contributed by atoms with E-state index in [1.54, 1.807) is 0 Å². The molecule has 3 N–H and O–H groups in total. The van der Waals surface area contributed by atoms with Gasteiger partial charge in [0.25, 0.3) is 0 Å². The van der Waals surface area contributed by atoms with Gasteiger partial charge in [-0.3, -0.25) is 15.0 Å². The summed E-state index contributed by atoms with van der Waals surface area (Å²) >= 11 is 0. The van der Waals surface area contributed by atoms with Gasteiger partial charge in [-0.15, -0.1) is 0 Å². The molecule has 1 unspecified atom stereocenters. The third-order valence-corrected chi connectivity index (χ3v) is 3.27. The van der Waals surface area contributed by atoms with Gasteiger partial charge in [0.05, 0.1) is 6.54 Å². The topological polar surface area (TPSA) is 73.5 Å². The molecule has 0 spiro atoms. The molecule has 0 radical (unpaired) electrons. The largest absolute Gasteiger partial charge is 0.335 e. The van der Waals surface area contributed by atoms with E-state index in [0.717, 1.165) is 32.4 Å². The van der Waals surface area contributed by atoms with Crippen LogP contribution in [0.2, 0.25) is 0 Å². The van der Waals surface area contributed by atoms with E-state index < -0.39 is 0 Å². The number of hydrogen-bond acceptors (Lipinski definition) is 4. The van der Waals surface area contributed by atoms with Gasteiger partial charge in [0.2, 0.25) is 5.91 Å². The second-order valence-corrected chi connectivity index (χ2v) is 5.29. The highest BCUT2D eigenvalue weighted by Crippen LogP contribution is 2.18. The number of carbonyl (C=O) groups excluding carboxylic acids is 2. The molecule has 18 heavy (non-hydrogen) atoms. The van der Waals surface area contributed by atoms with E-state index in [9.17, 15) is 9.59 Å². The maximum Gasteiger partial charge on any atom is 0.321 e. The van der Waals surface area contributed by atoms with E-state index in [1.165, 1.54) is 6.42 Å². The second kappa shape index (κ2) is 6.15. The molecule has 2 fully saturated rings. The van der Waals surface area contributed by atoms with Crippen molar-refractivity contribution in [1.29, 1.82) is 0 Å². The molecule has 0 bridgehead atoms. The van der Waals surface area contributed by atoms with Crippen molar-refractivity contribution in [2.75, 3.05) is 26.7 Å². The normalized spacial score (nSPS) is 23.1. The van der Waals surface area contributed by atoms with E-state index in [-0.39, 0.29) is 24.5 Å². The molecule has 2 rings (SSSR count). The van der Waals surface area contributed by atoms with Crippen LogP contribution < -0.4 is 16.0 Å². The first-order chi connectivity index (χ1) is 8.63. The number of rotatable bonds is 5. The summed E-state index contributed by atoms with van der Waals surface area (Å²) in [7, 11) is 1.90. The number of urea groups is 1. The van der Waals surface area contributed by atoms with Crippen LogP contribution in [0.25, 0.3) is 0 Å². The summed E-state index contributed by atoms with van der Waals surface area (Å²) in [6, 6.07) is 0.385. The van der Waals surface area contributed by atoms with E-state index in [1.807, 2.05) is 11.9 Å². The first kappa shape index (κ1) is 13.3. The molecule has 6 nitrogen and oxygen atoms in total. The Hall–Kier alpha value is -1.14. The van der Waals surface area contributed by atoms with Crippen LogP contribution in [-0.4, -0.2) is 55.6 Å². The molecule has 6 heteroatoms. The first-order valence-corrected chi connectivity index (χ1v) is 6.66. The van der Waals surface area contributed by atoms with E-state index in [4.69, 9.17) is 0 Å². The summed E-state index contributed by atoms with van der Waals surface area (Å²) < 4.78 is 0. The summed E-state index contributed by atoms with van der Waals surface area (Å²) in [5.74, 6) is -0.242. The fourth-order valence-electron chi connectivity index (χ4n) is 2.21. The molecule has 1 heterocycles. The zero-order valence-corrected chi connectivity index (χ0v) is 10.9. The van der Waals surface area contributed by atoms with Crippen molar-refractivity contribution in [2.45, 2.75) is 37.8 Å². The van der Waals surface area contributed by atoms with Crippen LogP contribution >= 0.6 is 0 Å². The third kappa shape index (κ3) is 4.62. The van der Waals surface area contributed by atoms with Gasteiger partial charge in [-0.1, -0.05) is 0 Å². The van der Waals surface area contributed by atoms with Gasteiger partial charge in [0, 0.05) is 18.6 Å². The maximum atomic E-state index is 11.6. The van der Waals surface area contributed by atoms with Crippen LogP contribution in [0.3, 0.4) is 0 Å². The zero-order chi connectivity index (χ0) is 13.0. The highest BCUT2D eigenvalue weighted by Gasteiger charge is 2.24. The van der Waals surface area contributed by atoms with E-state index in [2.05, 4.69) is 16.0 Å². The SMILES string of the molecule is CN(CC(=O)NC(=O)NC1CC1)CC1CCCN1. The Morgan fingerprint density at radius 2 is 2.11 bits per heavy atom. The van der Waals surface area contributed by atoms with Crippen LogP contribution in [0.4, 0.5) is 4.79 Å². The quantitative estimate of drug-likeness (QED) is 0.627. The van der Waals surface area contributed by atoms with Gasteiger partial charge in [-0.2, -0.15) is 0 Å². The van der Waals surface area contributed by atoms with Crippen LogP contribution in [0.5, 0.6) is 0 Å². The highest BCUT2D eigenvalue weighted by molar-refractivity contribution is 5.95. The lowest BCUT2D eigenvalue weighted by Crippen LogP contribution is -2.46. The molecular formula is C12H22N4O2. The molecule has 0 aromatic rings. The van der Waals surface area contributed by atoms with Gasteiger partial charge >= 0.3 is 6.03 Å². The fourth-order valence-corrected chi connectivity index (χ4v) is 2.21. The Kier molecular flexibility index (Phi) is 4.54. The molecule has 3 amide bonds. The molecule has 0 aromatic heterocycles. The van der Waals surface area contributed by atoms with Crippen molar-refractivity contribution >= 4 is 11.9 Å². The molecule has 1 saturated heterocycles. The highest BCUT2D eigenvalue weighted by atomic mass is 16.2. The van der Waals surface area contributed by atoms with Gasteiger partial charge in [-0.25, -0.2) is 4.79 Å². The Morgan fingerprint density at radius 1 is 1.33 bits per heavy atom. The number of nitrogens with zero attached hydrogens (tertiary/aromatic N) is 1. The number of carbonyl (C=O) groups is 2. The van der Waals surface area contributed by atoms with Crippen LogP contribution in [0.15, 0.2) is 0 Å². The maximum absolute atomic E-state index is 11.6. The van der Waals surface area contributed by atoms with Crippen LogP contribution in [0.1, 0.15) is 25.7 Å². The van der Waals surface area contributed by atoms with Crippen molar-refractivity contribution in [2.24, 2.45) is 0 Å². The summed E-state index contributed by atoms with van der Waals surface area (Å²) in [4.78, 5) is 24.9. The Morgan fingerprint density at radius 3 is 2.72 bits per heavy atom. The number of amides is 3. The minimum absolute atomic E-state index is 0.242. The standard InChI is InChI=1S/C12H22N4O2/c1-16(7-10-3-2-6-13-10)8-11(17)15-12(18)14-9-4-5-9/h9-10,13H,2-8H2,1H3,(H2,14,15,17,18). The summed E-state index contributed by atoms with van der Waals surface area (Å²) in [5.41, 5.74) is 0. The van der Waals surface area contributed by atoms with Gasteiger partial charge in [0.15, 0.2) is 0 Å². The number of hydrogen-bond donors (Lipinski definition) is 3. The third-order valence-electron chi connectivity index (χ3n) is 3.27. The Bertz CT molecular complexity index is 311. The molecule has 0 aromatic carbocycles. The van der Waals surface area contributed by atoms with Crippen molar-refractivity contribution in [3.63, 3.8) is 0 Å². The first-order valence-electron chi connectivity index (χ1n) is 6.66. The van der Waals surface area contributed by atoms with Crippen molar-refractivity contribution in [1.82, 2.24) is 20.9 Å². The van der Waals surface area contributed by atoms with E-state index in [0.29, 0.717) is 6.04 Å². The van der Waals surface area contributed by atoms with E-state index >= 15 is 0 Å². The van der Waals surface area contributed by atoms with Gasteiger partial charge in [-0.05, 0) is 39.3 Å². The summed E-state index contributed by atoms with van der Waals surface area (Å²) in [6.07, 6.45) is 4.41. The fraction of sp³-hybridized carbons (Fsp3) is 0.833. The van der Waals surface area contributed by atoms with Gasteiger partial charge < -0.3 is 10.6 Å². The molecule has 1 aliphatic carbocycles. The summed E-state index contributed by atoms with van der Waals surface area (Å²) in [5, 5.41) is 8.47. The van der Waals surface area contributed by atoms with Crippen molar-refractivity contribution < 1.29 is 9.59 Å². The average Bonchev–Trinajstić information content (AvgIpc) is 2.92. The minimum Gasteiger partial charge on any atom is -0.335 e. The Labute approximate surface area is 107 Å². The minimum atomic E-state index is -0.366. The lowest BCUT2D eigenvalue weighted by atomic mass is 10.2. The molecular weight excluding hydrogens is 232 g/mol. The average molecular weight is 254 g/mol. The molecule has 1 atom stereocenters. The molecule has 102 valence electrons. The summed E-state index contributed by atoms with van der Waals surface area (Å²) in [6.45, 7) is 2.17. The lowest BCUT2D eigenvalue weighted by molar-refractivity contribution is -0.120. The number of likely N-dealkylation sites (N-methyl/N-ethyl adjacent to an activating group) is 1. The van der Waals surface area contributed by atoms with Gasteiger partial charge in [0.1, 0.15) is 0 Å². The van der Waals surface area contributed by atoms with Crippen molar-refractivity contribution in [3.8, 4) is 0 Å². The molecule has 1 saturated carbocycles. The number of imide groups is 1. The zero-order valence-electron chi connectivity index (χ0n) is 10.9. The van der Waals surface area contributed by atoms with Crippen LogP contribution in [-0.2, 0) is 4.79 Å². The monoisotopic (exact) mass is 254 g/mol. The predicted octanol–water partition coefficient (Wildman–Crippen LogP) is -0.342.